The predicted octanol–water partition coefficient (Wildman–Crippen LogP) is 3.68. The highest BCUT2D eigenvalue weighted by molar-refractivity contribution is 6.04. The third-order valence-corrected chi connectivity index (χ3v) is 4.06. The minimum absolute atomic E-state index is 0.221. The lowest BCUT2D eigenvalue weighted by molar-refractivity contribution is 0.102. The first-order chi connectivity index (χ1) is 12.7. The number of carbonyl (C=O) groups is 1. The van der Waals surface area contributed by atoms with Gasteiger partial charge in [0.05, 0.1) is 23.7 Å². The van der Waals surface area contributed by atoms with Crippen LogP contribution in [0.4, 0.5) is 5.69 Å². The molecule has 0 saturated heterocycles. The molecule has 0 aliphatic rings. The van der Waals surface area contributed by atoms with E-state index in [2.05, 4.69) is 15.3 Å². The number of para-hydroxylation sites is 2. The summed E-state index contributed by atoms with van der Waals surface area (Å²) in [5.41, 5.74) is 4.13. The summed E-state index contributed by atoms with van der Waals surface area (Å²) in [5.74, 6) is 0.249. The molecule has 6 nitrogen and oxygen atoms in total. The van der Waals surface area contributed by atoms with Crippen molar-refractivity contribution in [1.29, 1.82) is 0 Å². The van der Waals surface area contributed by atoms with Crippen molar-refractivity contribution < 1.29 is 9.53 Å². The average molecular weight is 344 g/mol. The van der Waals surface area contributed by atoms with Crippen LogP contribution in [0.25, 0.3) is 16.7 Å². The third kappa shape index (κ3) is 3.00. The molecule has 2 aromatic heterocycles. The van der Waals surface area contributed by atoms with Crippen molar-refractivity contribution >= 4 is 22.6 Å². The highest BCUT2D eigenvalue weighted by atomic mass is 16.5. The molecular weight excluding hydrogens is 328 g/mol. The van der Waals surface area contributed by atoms with Gasteiger partial charge in [-0.2, -0.15) is 0 Å². The summed E-state index contributed by atoms with van der Waals surface area (Å²) in [6.07, 6.45) is 3.28. The Morgan fingerprint density at radius 2 is 1.81 bits per heavy atom. The number of anilines is 1. The monoisotopic (exact) mass is 344 g/mol. The van der Waals surface area contributed by atoms with Crippen molar-refractivity contribution in [1.82, 2.24) is 14.5 Å². The van der Waals surface area contributed by atoms with Crippen LogP contribution >= 0.6 is 0 Å². The highest BCUT2D eigenvalue weighted by Gasteiger charge is 2.08. The second kappa shape index (κ2) is 6.68. The number of benzene rings is 2. The summed E-state index contributed by atoms with van der Waals surface area (Å²) in [6, 6.07) is 18.9. The van der Waals surface area contributed by atoms with E-state index in [0.717, 1.165) is 16.7 Å². The van der Waals surface area contributed by atoms with E-state index in [9.17, 15) is 4.79 Å². The molecule has 26 heavy (non-hydrogen) atoms. The van der Waals surface area contributed by atoms with Gasteiger partial charge in [-0.15, -0.1) is 0 Å². The minimum Gasteiger partial charge on any atom is -0.481 e. The highest BCUT2D eigenvalue weighted by Crippen LogP contribution is 2.20. The Bertz CT molecular complexity index is 1050. The summed E-state index contributed by atoms with van der Waals surface area (Å²) in [7, 11) is 1.53. The van der Waals surface area contributed by atoms with E-state index < -0.39 is 0 Å². The lowest BCUT2D eigenvalue weighted by Gasteiger charge is -2.08. The second-order valence-corrected chi connectivity index (χ2v) is 5.69. The van der Waals surface area contributed by atoms with E-state index in [1.165, 1.54) is 13.3 Å². The van der Waals surface area contributed by atoms with Gasteiger partial charge in [0.2, 0.25) is 5.88 Å². The molecule has 2 aromatic carbocycles. The maximum Gasteiger partial charge on any atom is 0.257 e. The first kappa shape index (κ1) is 15.8. The Labute approximate surface area is 150 Å². The molecule has 6 heteroatoms. The standard InChI is InChI=1S/C20H16N4O2/c1-26-19-11-6-14(12-21-19)20(25)23-15-7-9-16(10-8-15)24-13-22-17-4-2-3-5-18(17)24/h2-13H,1H3,(H,23,25). The first-order valence-corrected chi connectivity index (χ1v) is 8.08. The van der Waals surface area contributed by atoms with Crippen molar-refractivity contribution in [3.05, 3.63) is 78.8 Å². The molecular formula is C20H16N4O2. The quantitative estimate of drug-likeness (QED) is 0.613. The van der Waals surface area contributed by atoms with Crippen molar-refractivity contribution in [3.63, 3.8) is 0 Å². The lowest BCUT2D eigenvalue weighted by Crippen LogP contribution is -2.12. The fourth-order valence-corrected chi connectivity index (χ4v) is 2.71. The van der Waals surface area contributed by atoms with Gasteiger partial charge in [-0.3, -0.25) is 9.36 Å². The average Bonchev–Trinajstić information content (AvgIpc) is 3.13. The van der Waals surface area contributed by atoms with Gasteiger partial charge < -0.3 is 10.1 Å². The summed E-state index contributed by atoms with van der Waals surface area (Å²) in [5, 5.41) is 2.86. The molecule has 2 heterocycles. The van der Waals surface area contributed by atoms with E-state index in [4.69, 9.17) is 4.74 Å². The van der Waals surface area contributed by atoms with Crippen LogP contribution in [0.3, 0.4) is 0 Å². The predicted molar refractivity (Wildman–Crippen MR) is 99.8 cm³/mol. The van der Waals surface area contributed by atoms with Gasteiger partial charge in [-0.05, 0) is 42.5 Å². The maximum absolute atomic E-state index is 12.3. The van der Waals surface area contributed by atoms with Crippen LogP contribution in [-0.2, 0) is 0 Å². The Kier molecular flexibility index (Phi) is 4.07. The number of hydrogen-bond donors (Lipinski definition) is 1. The fraction of sp³-hybridized carbons (Fsp3) is 0.0500. The molecule has 0 saturated carbocycles. The maximum atomic E-state index is 12.3. The van der Waals surface area contributed by atoms with Gasteiger partial charge in [0, 0.05) is 23.6 Å². The summed E-state index contributed by atoms with van der Waals surface area (Å²) < 4.78 is 7.00. The lowest BCUT2D eigenvalue weighted by atomic mass is 10.2. The SMILES string of the molecule is COc1ccc(C(=O)Nc2ccc(-n3cnc4ccccc43)cc2)cn1. The topological polar surface area (TPSA) is 69.0 Å². The largest absolute Gasteiger partial charge is 0.481 e. The number of hydrogen-bond acceptors (Lipinski definition) is 4. The Balaban J connectivity index is 1.53. The number of amides is 1. The van der Waals surface area contributed by atoms with Gasteiger partial charge in [0.15, 0.2) is 0 Å². The molecule has 0 unspecified atom stereocenters. The number of nitrogens with one attached hydrogen (secondary N) is 1. The van der Waals surface area contributed by atoms with E-state index in [1.807, 2.05) is 53.1 Å². The third-order valence-electron chi connectivity index (χ3n) is 4.06. The van der Waals surface area contributed by atoms with Crippen LogP contribution in [0.2, 0.25) is 0 Å². The van der Waals surface area contributed by atoms with Gasteiger partial charge >= 0.3 is 0 Å². The van der Waals surface area contributed by atoms with Gasteiger partial charge in [0.1, 0.15) is 6.33 Å². The Hall–Kier alpha value is -3.67. The zero-order valence-electron chi connectivity index (χ0n) is 14.1. The van der Waals surface area contributed by atoms with Crippen LogP contribution < -0.4 is 10.1 Å². The molecule has 0 aliphatic carbocycles. The molecule has 0 aliphatic heterocycles. The molecule has 128 valence electrons. The number of aromatic nitrogens is 3. The molecule has 4 aromatic rings. The number of imidazole rings is 1. The van der Waals surface area contributed by atoms with E-state index in [0.29, 0.717) is 17.1 Å². The number of fused-ring (bicyclic) bond motifs is 1. The van der Waals surface area contributed by atoms with Crippen LogP contribution in [0.15, 0.2) is 73.2 Å². The zero-order valence-corrected chi connectivity index (χ0v) is 14.1. The smallest absolute Gasteiger partial charge is 0.257 e. The summed E-state index contributed by atoms with van der Waals surface area (Å²) in [4.78, 5) is 20.7. The molecule has 1 N–H and O–H groups in total. The Morgan fingerprint density at radius 1 is 1.00 bits per heavy atom. The Morgan fingerprint density at radius 3 is 2.54 bits per heavy atom. The summed E-state index contributed by atoms with van der Waals surface area (Å²) in [6.45, 7) is 0. The fourth-order valence-electron chi connectivity index (χ4n) is 2.71. The van der Waals surface area contributed by atoms with Crippen molar-refractivity contribution in [2.24, 2.45) is 0 Å². The number of carbonyl (C=O) groups excluding carboxylic acids is 1. The van der Waals surface area contributed by atoms with Crippen molar-refractivity contribution in [2.45, 2.75) is 0 Å². The zero-order chi connectivity index (χ0) is 17.9. The van der Waals surface area contributed by atoms with Crippen LogP contribution in [0.5, 0.6) is 5.88 Å². The van der Waals surface area contributed by atoms with Crippen LogP contribution in [0, 0.1) is 0 Å². The summed E-state index contributed by atoms with van der Waals surface area (Å²) >= 11 is 0. The first-order valence-electron chi connectivity index (χ1n) is 8.08. The van der Waals surface area contributed by atoms with Crippen LogP contribution in [0.1, 0.15) is 10.4 Å². The minimum atomic E-state index is -0.221. The van der Waals surface area contributed by atoms with Gasteiger partial charge in [-0.1, -0.05) is 12.1 Å². The van der Waals surface area contributed by atoms with Gasteiger partial charge in [0.25, 0.3) is 5.91 Å². The van der Waals surface area contributed by atoms with Crippen molar-refractivity contribution in [3.8, 4) is 11.6 Å². The number of rotatable bonds is 4. The number of nitrogens with zero attached hydrogens (tertiary/aromatic N) is 3. The van der Waals surface area contributed by atoms with E-state index >= 15 is 0 Å². The molecule has 0 spiro atoms. The van der Waals surface area contributed by atoms with Gasteiger partial charge in [-0.25, -0.2) is 9.97 Å². The van der Waals surface area contributed by atoms with E-state index in [1.54, 1.807) is 18.5 Å². The number of pyridine rings is 1. The molecule has 1 amide bonds. The molecule has 0 fully saturated rings. The molecule has 0 radical (unpaired) electrons. The van der Waals surface area contributed by atoms with E-state index in [-0.39, 0.29) is 5.91 Å². The molecule has 4 rings (SSSR count). The molecule has 0 atom stereocenters. The second-order valence-electron chi connectivity index (χ2n) is 5.69. The molecule has 0 bridgehead atoms. The van der Waals surface area contributed by atoms with Crippen LogP contribution in [-0.4, -0.2) is 27.6 Å². The number of ether oxygens (including phenoxy) is 1. The number of methoxy groups -OCH3 is 1. The van der Waals surface area contributed by atoms with Crippen molar-refractivity contribution in [2.75, 3.05) is 12.4 Å². The normalized spacial score (nSPS) is 10.7.